The van der Waals surface area contributed by atoms with Crippen LogP contribution in [-0.4, -0.2) is 4.98 Å². The molecular formula is C14H15FN2. The molecule has 17 heavy (non-hydrogen) atoms. The van der Waals surface area contributed by atoms with E-state index in [0.29, 0.717) is 5.56 Å². The first-order valence-electron chi connectivity index (χ1n) is 5.52. The zero-order valence-electron chi connectivity index (χ0n) is 9.94. The molecule has 1 aromatic carbocycles. The molecule has 0 bridgehead atoms. The van der Waals surface area contributed by atoms with Crippen molar-refractivity contribution < 1.29 is 4.39 Å². The van der Waals surface area contributed by atoms with Gasteiger partial charge >= 0.3 is 0 Å². The lowest BCUT2D eigenvalue weighted by molar-refractivity contribution is 0.598. The molecule has 0 aliphatic rings. The van der Waals surface area contributed by atoms with Crippen molar-refractivity contribution in [2.75, 3.05) is 0 Å². The number of rotatable bonds is 2. The van der Waals surface area contributed by atoms with Crippen molar-refractivity contribution in [2.24, 2.45) is 5.73 Å². The Morgan fingerprint density at radius 1 is 1.18 bits per heavy atom. The molecule has 0 saturated heterocycles. The molecule has 0 aliphatic heterocycles. The lowest BCUT2D eigenvalue weighted by Crippen LogP contribution is -2.14. The van der Waals surface area contributed by atoms with Gasteiger partial charge in [0.15, 0.2) is 0 Å². The van der Waals surface area contributed by atoms with Gasteiger partial charge in [-0.25, -0.2) is 4.39 Å². The van der Waals surface area contributed by atoms with Crippen LogP contribution in [0.5, 0.6) is 0 Å². The largest absolute Gasteiger partial charge is 0.320 e. The third kappa shape index (κ3) is 2.50. The highest BCUT2D eigenvalue weighted by molar-refractivity contribution is 5.33. The molecular weight excluding hydrogens is 215 g/mol. The molecule has 0 spiro atoms. The third-order valence-corrected chi connectivity index (χ3v) is 2.78. The summed E-state index contributed by atoms with van der Waals surface area (Å²) in [5.41, 5.74) is 9.30. The maximum atomic E-state index is 13.7. The minimum Gasteiger partial charge on any atom is -0.320 e. The van der Waals surface area contributed by atoms with Crippen LogP contribution >= 0.6 is 0 Å². The van der Waals surface area contributed by atoms with Crippen molar-refractivity contribution in [3.8, 4) is 0 Å². The lowest BCUT2D eigenvalue weighted by atomic mass is 9.99. The summed E-state index contributed by atoms with van der Waals surface area (Å²) in [5, 5.41) is 0. The Bertz CT molecular complexity index is 520. The van der Waals surface area contributed by atoms with Crippen molar-refractivity contribution in [2.45, 2.75) is 19.9 Å². The number of nitrogens with zero attached hydrogens (tertiary/aromatic N) is 1. The summed E-state index contributed by atoms with van der Waals surface area (Å²) in [7, 11) is 0. The number of aromatic nitrogens is 1. The second-order valence-electron chi connectivity index (χ2n) is 4.24. The first-order valence-corrected chi connectivity index (χ1v) is 5.52. The molecule has 3 heteroatoms. The van der Waals surface area contributed by atoms with E-state index in [1.807, 2.05) is 26.0 Å². The van der Waals surface area contributed by atoms with Gasteiger partial charge in [-0.2, -0.15) is 0 Å². The van der Waals surface area contributed by atoms with Crippen LogP contribution in [0.3, 0.4) is 0 Å². The second-order valence-corrected chi connectivity index (χ2v) is 4.24. The van der Waals surface area contributed by atoms with Gasteiger partial charge in [-0.3, -0.25) is 4.98 Å². The molecule has 2 rings (SSSR count). The van der Waals surface area contributed by atoms with E-state index in [1.165, 1.54) is 6.07 Å². The number of halogens is 1. The SMILES string of the molecule is Cc1ccc(F)c(C(N)c2ccc(C)nc2)c1. The summed E-state index contributed by atoms with van der Waals surface area (Å²) in [5.74, 6) is -0.274. The Labute approximate surface area is 100 Å². The van der Waals surface area contributed by atoms with Gasteiger partial charge < -0.3 is 5.73 Å². The molecule has 1 unspecified atom stereocenters. The second kappa shape index (κ2) is 4.63. The minimum absolute atomic E-state index is 0.274. The molecule has 0 radical (unpaired) electrons. The maximum Gasteiger partial charge on any atom is 0.128 e. The van der Waals surface area contributed by atoms with Crippen molar-refractivity contribution in [3.05, 3.63) is 64.7 Å². The van der Waals surface area contributed by atoms with Gasteiger partial charge in [0, 0.05) is 17.5 Å². The number of hydrogen-bond donors (Lipinski definition) is 1. The Kier molecular flexibility index (Phi) is 3.20. The minimum atomic E-state index is -0.469. The van der Waals surface area contributed by atoms with E-state index in [9.17, 15) is 4.39 Å². The van der Waals surface area contributed by atoms with Crippen LogP contribution in [-0.2, 0) is 0 Å². The van der Waals surface area contributed by atoms with Gasteiger partial charge in [0.25, 0.3) is 0 Å². The van der Waals surface area contributed by atoms with Crippen molar-refractivity contribution in [1.29, 1.82) is 0 Å². The van der Waals surface area contributed by atoms with Crippen LogP contribution in [0.2, 0.25) is 0 Å². The Hall–Kier alpha value is -1.74. The number of benzene rings is 1. The molecule has 88 valence electrons. The van der Waals surface area contributed by atoms with Gasteiger partial charge in [-0.05, 0) is 31.5 Å². The van der Waals surface area contributed by atoms with Gasteiger partial charge in [-0.1, -0.05) is 23.8 Å². The maximum absolute atomic E-state index is 13.7. The Balaban J connectivity index is 2.39. The molecule has 1 heterocycles. The number of aryl methyl sites for hydroxylation is 2. The third-order valence-electron chi connectivity index (χ3n) is 2.78. The standard InChI is InChI=1S/C14H15FN2/c1-9-3-6-13(15)12(7-9)14(16)11-5-4-10(2)17-8-11/h3-8,14H,16H2,1-2H3. The first-order chi connectivity index (χ1) is 8.08. The molecule has 0 fully saturated rings. The summed E-state index contributed by atoms with van der Waals surface area (Å²) in [4.78, 5) is 4.18. The van der Waals surface area contributed by atoms with Crippen LogP contribution < -0.4 is 5.73 Å². The first kappa shape index (κ1) is 11.7. The highest BCUT2D eigenvalue weighted by atomic mass is 19.1. The number of hydrogen-bond acceptors (Lipinski definition) is 2. The average Bonchev–Trinajstić information content (AvgIpc) is 2.32. The summed E-state index contributed by atoms with van der Waals surface area (Å²) < 4.78 is 13.7. The molecule has 1 aromatic heterocycles. The van der Waals surface area contributed by atoms with E-state index in [1.54, 1.807) is 18.3 Å². The van der Waals surface area contributed by atoms with Gasteiger partial charge in [0.05, 0.1) is 6.04 Å². The summed E-state index contributed by atoms with van der Waals surface area (Å²) in [6.07, 6.45) is 1.70. The van der Waals surface area contributed by atoms with E-state index in [4.69, 9.17) is 5.73 Å². The fourth-order valence-electron chi connectivity index (χ4n) is 1.74. The molecule has 2 aromatic rings. The van der Waals surface area contributed by atoms with Crippen LogP contribution in [0.4, 0.5) is 4.39 Å². The molecule has 0 saturated carbocycles. The quantitative estimate of drug-likeness (QED) is 0.861. The van der Waals surface area contributed by atoms with E-state index in [2.05, 4.69) is 4.98 Å². The van der Waals surface area contributed by atoms with Crippen LogP contribution in [0.15, 0.2) is 36.5 Å². The van der Waals surface area contributed by atoms with Gasteiger partial charge in [0.2, 0.25) is 0 Å². The molecule has 0 aliphatic carbocycles. The Morgan fingerprint density at radius 3 is 2.59 bits per heavy atom. The number of pyridine rings is 1. The summed E-state index contributed by atoms with van der Waals surface area (Å²) in [6, 6.07) is 8.26. The zero-order valence-corrected chi connectivity index (χ0v) is 9.94. The average molecular weight is 230 g/mol. The number of nitrogens with two attached hydrogens (primary N) is 1. The fraction of sp³-hybridized carbons (Fsp3) is 0.214. The normalized spacial score (nSPS) is 12.5. The van der Waals surface area contributed by atoms with Gasteiger partial charge in [0.1, 0.15) is 5.82 Å². The molecule has 0 amide bonds. The summed E-state index contributed by atoms with van der Waals surface area (Å²) >= 11 is 0. The molecule has 2 nitrogen and oxygen atoms in total. The van der Waals surface area contributed by atoms with Crippen molar-refractivity contribution in [3.63, 3.8) is 0 Å². The van der Waals surface area contributed by atoms with Crippen LogP contribution in [0, 0.1) is 19.7 Å². The highest BCUT2D eigenvalue weighted by Crippen LogP contribution is 2.22. The van der Waals surface area contributed by atoms with E-state index >= 15 is 0 Å². The van der Waals surface area contributed by atoms with E-state index in [-0.39, 0.29) is 5.82 Å². The van der Waals surface area contributed by atoms with Crippen LogP contribution in [0.25, 0.3) is 0 Å². The van der Waals surface area contributed by atoms with E-state index < -0.39 is 6.04 Å². The monoisotopic (exact) mass is 230 g/mol. The predicted molar refractivity (Wildman–Crippen MR) is 66.1 cm³/mol. The predicted octanol–water partition coefficient (Wildman–Crippen LogP) is 2.89. The molecule has 2 N–H and O–H groups in total. The topological polar surface area (TPSA) is 38.9 Å². The van der Waals surface area contributed by atoms with Crippen LogP contribution in [0.1, 0.15) is 28.4 Å². The Morgan fingerprint density at radius 2 is 1.94 bits per heavy atom. The molecule has 1 atom stereocenters. The van der Waals surface area contributed by atoms with Crippen molar-refractivity contribution in [1.82, 2.24) is 4.98 Å². The smallest absolute Gasteiger partial charge is 0.128 e. The lowest BCUT2D eigenvalue weighted by Gasteiger charge is -2.14. The zero-order chi connectivity index (χ0) is 12.4. The summed E-state index contributed by atoms with van der Waals surface area (Å²) in [6.45, 7) is 3.83. The fourth-order valence-corrected chi connectivity index (χ4v) is 1.74. The highest BCUT2D eigenvalue weighted by Gasteiger charge is 2.13. The van der Waals surface area contributed by atoms with Crippen molar-refractivity contribution >= 4 is 0 Å². The van der Waals surface area contributed by atoms with Gasteiger partial charge in [-0.15, -0.1) is 0 Å². The van der Waals surface area contributed by atoms with E-state index in [0.717, 1.165) is 16.8 Å².